The van der Waals surface area contributed by atoms with Crippen molar-refractivity contribution < 1.29 is 9.90 Å². The highest BCUT2D eigenvalue weighted by molar-refractivity contribution is 5.92. The van der Waals surface area contributed by atoms with Gasteiger partial charge < -0.3 is 15.0 Å². The molecule has 1 aliphatic carbocycles. The minimum atomic E-state index is -0.895. The van der Waals surface area contributed by atoms with Crippen LogP contribution in [0.5, 0.6) is 0 Å². The Labute approximate surface area is 142 Å². The summed E-state index contributed by atoms with van der Waals surface area (Å²) in [6.07, 6.45) is 4.01. The van der Waals surface area contributed by atoms with Crippen LogP contribution in [0.3, 0.4) is 0 Å². The molecule has 0 bridgehead atoms. The summed E-state index contributed by atoms with van der Waals surface area (Å²) in [5.74, 6) is 0.718. The van der Waals surface area contributed by atoms with E-state index < -0.39 is 5.97 Å². The van der Waals surface area contributed by atoms with Crippen LogP contribution in [0.25, 0.3) is 17.1 Å². The quantitative estimate of drug-likeness (QED) is 0.846. The standard InChI is InChI=1S/C19H25N3O2/c1-11-9-16-15(10-14(11)8-12(2)17(23)24)21-18(22(16)5)19(20-4)7-6-13(19)3/h8-10,13,20H,6-7H2,1-5H3,(H,23,24)/b12-8+/t13-,19?/m1/s1. The van der Waals surface area contributed by atoms with Gasteiger partial charge in [-0.25, -0.2) is 9.78 Å². The molecule has 0 amide bonds. The number of nitrogens with one attached hydrogen (secondary N) is 1. The maximum Gasteiger partial charge on any atom is 0.331 e. The van der Waals surface area contributed by atoms with Crippen molar-refractivity contribution in [3.63, 3.8) is 0 Å². The summed E-state index contributed by atoms with van der Waals surface area (Å²) in [5.41, 5.74) is 4.23. The number of nitrogens with zero attached hydrogens (tertiary/aromatic N) is 2. The number of imidazole rings is 1. The van der Waals surface area contributed by atoms with E-state index in [0.29, 0.717) is 11.5 Å². The van der Waals surface area contributed by atoms with Crippen molar-refractivity contribution in [1.29, 1.82) is 0 Å². The molecular formula is C19H25N3O2. The van der Waals surface area contributed by atoms with E-state index >= 15 is 0 Å². The molecule has 2 aromatic rings. The largest absolute Gasteiger partial charge is 0.478 e. The van der Waals surface area contributed by atoms with Gasteiger partial charge in [0.2, 0.25) is 0 Å². The molecule has 1 aliphatic rings. The highest BCUT2D eigenvalue weighted by Gasteiger charge is 2.47. The molecule has 1 heterocycles. The number of hydrogen-bond donors (Lipinski definition) is 2. The van der Waals surface area contributed by atoms with E-state index in [4.69, 9.17) is 10.1 Å². The molecule has 5 nitrogen and oxygen atoms in total. The second kappa shape index (κ2) is 5.74. The topological polar surface area (TPSA) is 67.2 Å². The van der Waals surface area contributed by atoms with Gasteiger partial charge in [-0.05, 0) is 69.0 Å². The molecule has 0 aliphatic heterocycles. The van der Waals surface area contributed by atoms with Crippen molar-refractivity contribution in [2.45, 2.75) is 39.2 Å². The van der Waals surface area contributed by atoms with Crippen molar-refractivity contribution in [3.05, 3.63) is 34.7 Å². The Bertz CT molecular complexity index is 846. The van der Waals surface area contributed by atoms with Gasteiger partial charge >= 0.3 is 5.97 Å². The van der Waals surface area contributed by atoms with Crippen LogP contribution < -0.4 is 5.32 Å². The predicted molar refractivity (Wildman–Crippen MR) is 95.9 cm³/mol. The van der Waals surface area contributed by atoms with Gasteiger partial charge in [0.1, 0.15) is 5.82 Å². The fraction of sp³-hybridized carbons (Fsp3) is 0.474. The van der Waals surface area contributed by atoms with E-state index in [1.54, 1.807) is 13.0 Å². The minimum Gasteiger partial charge on any atom is -0.478 e. The van der Waals surface area contributed by atoms with E-state index in [2.05, 4.69) is 29.9 Å². The molecule has 2 N–H and O–H groups in total. The Morgan fingerprint density at radius 1 is 1.50 bits per heavy atom. The SMILES string of the molecule is CNC1(c2nc3cc(/C=C(\C)C(=O)O)c(C)cc3n2C)CC[C@H]1C. The van der Waals surface area contributed by atoms with Gasteiger partial charge in [-0.3, -0.25) is 0 Å². The van der Waals surface area contributed by atoms with Gasteiger partial charge in [0.05, 0.1) is 16.6 Å². The molecule has 0 saturated heterocycles. The third-order valence-corrected chi connectivity index (χ3v) is 5.64. The second-order valence-corrected chi connectivity index (χ2v) is 6.99. The number of carboxylic acid groups (broad SMARTS) is 1. The number of hydrogen-bond acceptors (Lipinski definition) is 3. The third kappa shape index (κ3) is 2.35. The van der Waals surface area contributed by atoms with E-state index in [1.807, 2.05) is 20.0 Å². The van der Waals surface area contributed by atoms with Gasteiger partial charge in [-0.2, -0.15) is 0 Å². The fourth-order valence-corrected chi connectivity index (χ4v) is 3.75. The number of aliphatic carboxylic acids is 1. The smallest absolute Gasteiger partial charge is 0.331 e. The number of carbonyl (C=O) groups is 1. The fourth-order valence-electron chi connectivity index (χ4n) is 3.75. The third-order valence-electron chi connectivity index (χ3n) is 5.64. The molecule has 1 aromatic carbocycles. The Balaban J connectivity index is 2.16. The first kappa shape index (κ1) is 16.7. The summed E-state index contributed by atoms with van der Waals surface area (Å²) >= 11 is 0. The zero-order valence-corrected chi connectivity index (χ0v) is 15.0. The van der Waals surface area contributed by atoms with Crippen molar-refractivity contribution in [3.8, 4) is 0 Å². The summed E-state index contributed by atoms with van der Waals surface area (Å²) in [5, 5.41) is 12.6. The lowest BCUT2D eigenvalue weighted by Gasteiger charge is -2.47. The van der Waals surface area contributed by atoms with Crippen LogP contribution >= 0.6 is 0 Å². The van der Waals surface area contributed by atoms with Crippen LogP contribution in [-0.2, 0) is 17.4 Å². The molecule has 1 unspecified atom stereocenters. The molecule has 0 spiro atoms. The van der Waals surface area contributed by atoms with Crippen LogP contribution in [0.4, 0.5) is 0 Å². The van der Waals surface area contributed by atoms with Crippen LogP contribution in [-0.4, -0.2) is 27.7 Å². The summed E-state index contributed by atoms with van der Waals surface area (Å²) in [6.45, 7) is 5.88. The summed E-state index contributed by atoms with van der Waals surface area (Å²) in [7, 11) is 4.07. The number of benzene rings is 1. The van der Waals surface area contributed by atoms with Crippen molar-refractivity contribution in [1.82, 2.24) is 14.9 Å². The van der Waals surface area contributed by atoms with Crippen molar-refractivity contribution in [2.24, 2.45) is 13.0 Å². The minimum absolute atomic E-state index is 0.0609. The average molecular weight is 327 g/mol. The lowest BCUT2D eigenvalue weighted by atomic mass is 9.67. The Morgan fingerprint density at radius 3 is 2.71 bits per heavy atom. The molecule has 1 fully saturated rings. The zero-order chi connectivity index (χ0) is 17.6. The maximum absolute atomic E-state index is 11.1. The van der Waals surface area contributed by atoms with E-state index in [0.717, 1.165) is 34.4 Å². The first-order valence-corrected chi connectivity index (χ1v) is 8.38. The highest BCUT2D eigenvalue weighted by Crippen LogP contribution is 2.46. The molecule has 2 atom stereocenters. The van der Waals surface area contributed by atoms with Gasteiger partial charge in [-0.15, -0.1) is 0 Å². The van der Waals surface area contributed by atoms with E-state index in [1.165, 1.54) is 6.42 Å². The molecule has 1 saturated carbocycles. The lowest BCUT2D eigenvalue weighted by molar-refractivity contribution is -0.132. The van der Waals surface area contributed by atoms with Crippen LogP contribution in [0.2, 0.25) is 0 Å². The molecule has 0 radical (unpaired) electrons. The average Bonchev–Trinajstić information content (AvgIpc) is 2.84. The molecular weight excluding hydrogens is 302 g/mol. The Hall–Kier alpha value is -2.14. The monoisotopic (exact) mass is 327 g/mol. The number of aryl methyl sites for hydroxylation is 2. The lowest BCUT2D eigenvalue weighted by Crippen LogP contribution is -2.54. The van der Waals surface area contributed by atoms with Gasteiger partial charge in [-0.1, -0.05) is 6.92 Å². The van der Waals surface area contributed by atoms with Crippen LogP contribution in [0, 0.1) is 12.8 Å². The second-order valence-electron chi connectivity index (χ2n) is 6.99. The summed E-state index contributed by atoms with van der Waals surface area (Å²) < 4.78 is 2.17. The normalized spacial score (nSPS) is 24.2. The Kier molecular flexibility index (Phi) is 4.00. The van der Waals surface area contributed by atoms with Crippen LogP contribution in [0.15, 0.2) is 17.7 Å². The van der Waals surface area contributed by atoms with Gasteiger partial charge in [0.15, 0.2) is 0 Å². The van der Waals surface area contributed by atoms with E-state index in [-0.39, 0.29) is 5.54 Å². The molecule has 24 heavy (non-hydrogen) atoms. The molecule has 1 aromatic heterocycles. The number of rotatable bonds is 4. The zero-order valence-electron chi connectivity index (χ0n) is 15.0. The number of aromatic nitrogens is 2. The Morgan fingerprint density at radius 2 is 2.21 bits per heavy atom. The van der Waals surface area contributed by atoms with Crippen molar-refractivity contribution in [2.75, 3.05) is 7.05 Å². The number of fused-ring (bicyclic) bond motifs is 1. The first-order chi connectivity index (χ1) is 11.3. The van der Waals surface area contributed by atoms with Gasteiger partial charge in [0.25, 0.3) is 0 Å². The van der Waals surface area contributed by atoms with Crippen molar-refractivity contribution >= 4 is 23.1 Å². The molecule has 3 rings (SSSR count). The first-order valence-electron chi connectivity index (χ1n) is 8.38. The van der Waals surface area contributed by atoms with Gasteiger partial charge in [0, 0.05) is 12.6 Å². The summed E-state index contributed by atoms with van der Waals surface area (Å²) in [4.78, 5) is 16.0. The highest BCUT2D eigenvalue weighted by atomic mass is 16.4. The molecule has 128 valence electrons. The van der Waals surface area contributed by atoms with E-state index in [9.17, 15) is 4.79 Å². The maximum atomic E-state index is 11.1. The summed E-state index contributed by atoms with van der Waals surface area (Å²) in [6, 6.07) is 4.09. The predicted octanol–water partition coefficient (Wildman–Crippen LogP) is 3.21. The van der Waals surface area contributed by atoms with Crippen LogP contribution in [0.1, 0.15) is 43.6 Å². The number of carboxylic acids is 1. The molecule has 5 heteroatoms.